The first kappa shape index (κ1) is 21.7. The van der Waals surface area contributed by atoms with Gasteiger partial charge in [-0.25, -0.2) is 0 Å². The van der Waals surface area contributed by atoms with E-state index in [9.17, 15) is 9.59 Å². The summed E-state index contributed by atoms with van der Waals surface area (Å²) in [5, 5.41) is 5.43. The second-order valence-corrected chi connectivity index (χ2v) is 11.7. The monoisotopic (exact) mass is 632 g/mol. The molecule has 7 rings (SSSR count). The molecule has 33 heavy (non-hydrogen) atoms. The number of allylic oxidation sites excluding steroid dienone is 2. The SMILES string of the molecule is O=C1[C@@H]2[C@H]3C=C[C@@H]([C@@H]4C[C@@H]34)[C@@H]2C(=O)N1/N=C\c1cc(Br)c(OCc2ccc(Br)cc2)c(Br)c1. The molecule has 1 aliphatic heterocycles. The zero-order valence-electron chi connectivity index (χ0n) is 17.3. The Morgan fingerprint density at radius 3 is 2.09 bits per heavy atom. The second-order valence-electron chi connectivity index (χ2n) is 9.12. The lowest BCUT2D eigenvalue weighted by atomic mass is 9.63. The average Bonchev–Trinajstić information content (AvgIpc) is 3.57. The highest BCUT2D eigenvalue weighted by atomic mass is 79.9. The van der Waals surface area contributed by atoms with Crippen molar-refractivity contribution in [2.24, 2.45) is 40.6 Å². The predicted molar refractivity (Wildman–Crippen MR) is 134 cm³/mol. The Hall–Kier alpha value is -1.77. The van der Waals surface area contributed by atoms with Crippen LogP contribution in [0.2, 0.25) is 0 Å². The van der Waals surface area contributed by atoms with Crippen LogP contribution in [0.3, 0.4) is 0 Å². The van der Waals surface area contributed by atoms with Crippen LogP contribution in [0.1, 0.15) is 17.5 Å². The number of halogens is 3. The molecular weight excluding hydrogens is 616 g/mol. The Bertz CT molecular complexity index is 1170. The van der Waals surface area contributed by atoms with E-state index in [0.717, 1.165) is 36.0 Å². The van der Waals surface area contributed by atoms with E-state index in [1.807, 2.05) is 36.4 Å². The lowest BCUT2D eigenvalue weighted by Gasteiger charge is -2.37. The number of hydrogen-bond donors (Lipinski definition) is 0. The molecule has 5 nitrogen and oxygen atoms in total. The first-order valence-electron chi connectivity index (χ1n) is 10.9. The summed E-state index contributed by atoms with van der Waals surface area (Å²) in [7, 11) is 0. The van der Waals surface area contributed by atoms with Gasteiger partial charge in [0.05, 0.1) is 27.0 Å². The summed E-state index contributed by atoms with van der Waals surface area (Å²) in [6.07, 6.45) is 7.05. The van der Waals surface area contributed by atoms with Gasteiger partial charge in [-0.1, -0.05) is 40.2 Å². The van der Waals surface area contributed by atoms with Gasteiger partial charge in [0.15, 0.2) is 0 Å². The van der Waals surface area contributed by atoms with Gasteiger partial charge in [0.1, 0.15) is 12.4 Å². The van der Waals surface area contributed by atoms with Gasteiger partial charge >= 0.3 is 0 Å². The van der Waals surface area contributed by atoms with Crippen LogP contribution in [0.5, 0.6) is 5.75 Å². The summed E-state index contributed by atoms with van der Waals surface area (Å²) in [6.45, 7) is 0.426. The van der Waals surface area contributed by atoms with Crippen LogP contribution in [-0.2, 0) is 16.2 Å². The van der Waals surface area contributed by atoms with Gasteiger partial charge in [-0.2, -0.15) is 10.1 Å². The van der Waals surface area contributed by atoms with E-state index in [0.29, 0.717) is 24.2 Å². The first-order valence-corrected chi connectivity index (χ1v) is 13.3. The Morgan fingerprint density at radius 1 is 0.939 bits per heavy atom. The summed E-state index contributed by atoms with van der Waals surface area (Å²) in [6, 6.07) is 11.7. The van der Waals surface area contributed by atoms with E-state index in [-0.39, 0.29) is 35.5 Å². The quantitative estimate of drug-likeness (QED) is 0.232. The molecule has 4 aliphatic carbocycles. The first-order chi connectivity index (χ1) is 15.9. The maximum absolute atomic E-state index is 13.1. The fourth-order valence-electron chi connectivity index (χ4n) is 5.71. The third-order valence-corrected chi connectivity index (χ3v) is 8.99. The van der Waals surface area contributed by atoms with Crippen LogP contribution < -0.4 is 4.74 Å². The fraction of sp³-hybridized carbons (Fsp3) is 0.320. The van der Waals surface area contributed by atoms with E-state index < -0.39 is 0 Å². The number of benzene rings is 2. The van der Waals surface area contributed by atoms with Crippen molar-refractivity contribution >= 4 is 65.8 Å². The molecule has 1 heterocycles. The fourth-order valence-corrected chi connectivity index (χ4v) is 7.42. The highest BCUT2D eigenvalue weighted by Crippen LogP contribution is 2.65. The number of ether oxygens (including phenoxy) is 1. The van der Waals surface area contributed by atoms with Crippen molar-refractivity contribution in [2.75, 3.05) is 0 Å². The number of hydrazone groups is 1. The Morgan fingerprint density at radius 2 is 1.52 bits per heavy atom. The maximum Gasteiger partial charge on any atom is 0.254 e. The lowest BCUT2D eigenvalue weighted by Crippen LogP contribution is -2.40. The molecule has 0 aromatic heterocycles. The molecule has 6 atom stereocenters. The summed E-state index contributed by atoms with van der Waals surface area (Å²) < 4.78 is 8.52. The highest BCUT2D eigenvalue weighted by molar-refractivity contribution is 9.11. The topological polar surface area (TPSA) is 59.0 Å². The van der Waals surface area contributed by atoms with E-state index in [1.54, 1.807) is 6.21 Å². The van der Waals surface area contributed by atoms with Crippen molar-refractivity contribution < 1.29 is 14.3 Å². The number of imide groups is 1. The van der Waals surface area contributed by atoms with E-state index in [4.69, 9.17) is 4.74 Å². The molecule has 2 saturated carbocycles. The molecule has 2 aromatic carbocycles. The van der Waals surface area contributed by atoms with Gasteiger partial charge in [-0.05, 0) is 97.3 Å². The van der Waals surface area contributed by atoms with Gasteiger partial charge in [-0.15, -0.1) is 0 Å². The van der Waals surface area contributed by atoms with Crippen LogP contribution in [0.4, 0.5) is 0 Å². The second kappa shape index (κ2) is 8.17. The van der Waals surface area contributed by atoms with Crippen molar-refractivity contribution in [2.45, 2.75) is 13.0 Å². The number of amides is 2. The number of hydrogen-bond acceptors (Lipinski definition) is 4. The summed E-state index contributed by atoms with van der Waals surface area (Å²) in [5.74, 6) is 1.47. The number of nitrogens with zero attached hydrogens (tertiary/aromatic N) is 2. The minimum atomic E-state index is -0.235. The Kier molecular flexibility index (Phi) is 5.38. The van der Waals surface area contributed by atoms with Gasteiger partial charge in [0.2, 0.25) is 0 Å². The molecule has 3 fully saturated rings. The normalized spacial score (nSPS) is 31.3. The zero-order valence-corrected chi connectivity index (χ0v) is 22.1. The van der Waals surface area contributed by atoms with Crippen LogP contribution >= 0.6 is 47.8 Å². The third-order valence-electron chi connectivity index (χ3n) is 7.28. The van der Waals surface area contributed by atoms with Crippen LogP contribution in [0.25, 0.3) is 0 Å². The molecule has 1 saturated heterocycles. The standard InChI is InChI=1S/C25H19Br3N2O3/c26-14-3-1-12(2-4-14)11-33-23-19(27)7-13(8-20(23)28)10-29-30-24(31)21-15-5-6-16(18-9-17(15)18)22(21)25(30)32/h1-8,10,15-18,21-22H,9,11H2/b29-10-/t15-,16-,17-,18-,21-,22+/m0/s1. The van der Waals surface area contributed by atoms with E-state index in [1.165, 1.54) is 0 Å². The molecule has 5 aliphatic rings. The minimum absolute atomic E-state index is 0.154. The van der Waals surface area contributed by atoms with E-state index in [2.05, 4.69) is 65.0 Å². The molecule has 0 N–H and O–H groups in total. The molecule has 2 amide bonds. The third kappa shape index (κ3) is 3.65. The number of carbonyl (C=O) groups is 2. The van der Waals surface area contributed by atoms with Crippen LogP contribution in [0, 0.1) is 35.5 Å². The van der Waals surface area contributed by atoms with E-state index >= 15 is 0 Å². The smallest absolute Gasteiger partial charge is 0.254 e. The van der Waals surface area contributed by atoms with Gasteiger partial charge in [0.25, 0.3) is 11.8 Å². The van der Waals surface area contributed by atoms with Crippen molar-refractivity contribution in [1.29, 1.82) is 0 Å². The minimum Gasteiger partial charge on any atom is -0.487 e. The molecule has 2 aromatic rings. The highest BCUT2D eigenvalue weighted by Gasteiger charge is 2.67. The molecule has 0 radical (unpaired) electrons. The summed E-state index contributed by atoms with van der Waals surface area (Å²) in [4.78, 5) is 26.1. The largest absolute Gasteiger partial charge is 0.487 e. The molecule has 168 valence electrons. The number of carbonyl (C=O) groups excluding carboxylic acids is 2. The molecular formula is C25H19Br3N2O3. The molecule has 0 spiro atoms. The van der Waals surface area contributed by atoms with Crippen molar-refractivity contribution in [3.8, 4) is 5.75 Å². The molecule has 0 unspecified atom stereocenters. The summed E-state index contributed by atoms with van der Waals surface area (Å²) >= 11 is 10.6. The maximum atomic E-state index is 13.1. The summed E-state index contributed by atoms with van der Waals surface area (Å²) in [5.41, 5.74) is 1.81. The van der Waals surface area contributed by atoms with Gasteiger partial charge in [0, 0.05) is 4.47 Å². The number of rotatable bonds is 5. The zero-order chi connectivity index (χ0) is 22.9. The van der Waals surface area contributed by atoms with Gasteiger partial charge < -0.3 is 4.74 Å². The lowest BCUT2D eigenvalue weighted by molar-refractivity contribution is -0.140. The molecule has 8 heteroatoms. The molecule has 2 bridgehead atoms. The van der Waals surface area contributed by atoms with Gasteiger partial charge in [-0.3, -0.25) is 9.59 Å². The Balaban J connectivity index is 1.18. The van der Waals surface area contributed by atoms with Crippen molar-refractivity contribution in [1.82, 2.24) is 5.01 Å². The van der Waals surface area contributed by atoms with Crippen molar-refractivity contribution in [3.63, 3.8) is 0 Å². The predicted octanol–water partition coefficient (Wildman–Crippen LogP) is 5.94. The van der Waals surface area contributed by atoms with Crippen LogP contribution in [0.15, 0.2) is 67.1 Å². The Labute approximate surface area is 216 Å². The average molecular weight is 635 g/mol. The van der Waals surface area contributed by atoms with Crippen LogP contribution in [-0.4, -0.2) is 23.0 Å². The van der Waals surface area contributed by atoms with Crippen molar-refractivity contribution in [3.05, 3.63) is 73.1 Å².